The first-order valence-electron chi connectivity index (χ1n) is 6.65. The first-order valence-corrected chi connectivity index (χ1v) is 6.65. The van der Waals surface area contributed by atoms with Gasteiger partial charge in [-0.25, -0.2) is 0 Å². The van der Waals surface area contributed by atoms with Crippen molar-refractivity contribution < 1.29 is 4.74 Å². The molecule has 2 aromatic carbocycles. The van der Waals surface area contributed by atoms with E-state index < -0.39 is 0 Å². The summed E-state index contributed by atoms with van der Waals surface area (Å²) in [6, 6.07) is 16.4. The zero-order chi connectivity index (χ0) is 14.1. The fourth-order valence-corrected chi connectivity index (χ4v) is 2.66. The number of halogens is 1. The van der Waals surface area contributed by atoms with E-state index in [4.69, 9.17) is 10.5 Å². The molecule has 2 N–H and O–H groups in total. The molecule has 0 aliphatic carbocycles. The molecule has 4 heteroatoms. The van der Waals surface area contributed by atoms with Gasteiger partial charge in [-0.2, -0.15) is 0 Å². The lowest BCUT2D eigenvalue weighted by Crippen LogP contribution is -1.99. The van der Waals surface area contributed by atoms with E-state index >= 15 is 0 Å². The zero-order valence-electron chi connectivity index (χ0n) is 12.2. The standard InChI is InChI=1S/C17H18N2O.ClH/c1-19-16-9-4-3-8-14(16)15(17(19)18)11-12-6-5-7-13(10-12)20-2;/h3-10H,11,18H2,1-2H3;1H. The largest absolute Gasteiger partial charge is 0.497 e. The Bertz CT molecular complexity index is 765. The minimum atomic E-state index is 0. The number of nitrogens with zero attached hydrogens (tertiary/aromatic N) is 1. The van der Waals surface area contributed by atoms with E-state index in [9.17, 15) is 0 Å². The van der Waals surface area contributed by atoms with Gasteiger partial charge in [0.15, 0.2) is 0 Å². The van der Waals surface area contributed by atoms with Crippen molar-refractivity contribution in [3.05, 3.63) is 59.7 Å². The molecule has 0 radical (unpaired) electrons. The van der Waals surface area contributed by atoms with Crippen molar-refractivity contribution >= 4 is 29.1 Å². The summed E-state index contributed by atoms with van der Waals surface area (Å²) < 4.78 is 7.33. The molecule has 1 heterocycles. The maximum atomic E-state index is 6.27. The number of hydrogen-bond acceptors (Lipinski definition) is 2. The first-order chi connectivity index (χ1) is 9.70. The number of rotatable bonds is 3. The second-order valence-electron chi connectivity index (χ2n) is 4.97. The van der Waals surface area contributed by atoms with Crippen LogP contribution in [0.2, 0.25) is 0 Å². The molecule has 0 saturated carbocycles. The maximum Gasteiger partial charge on any atom is 0.119 e. The zero-order valence-corrected chi connectivity index (χ0v) is 13.0. The summed E-state index contributed by atoms with van der Waals surface area (Å²) in [7, 11) is 3.69. The van der Waals surface area contributed by atoms with Gasteiger partial charge in [0.05, 0.1) is 7.11 Å². The number of para-hydroxylation sites is 1. The number of nitrogen functional groups attached to an aromatic ring is 1. The van der Waals surface area contributed by atoms with Crippen LogP contribution in [0.1, 0.15) is 11.1 Å². The van der Waals surface area contributed by atoms with Gasteiger partial charge in [-0.3, -0.25) is 0 Å². The molecular weight excluding hydrogens is 284 g/mol. The molecule has 0 aliphatic heterocycles. The molecule has 21 heavy (non-hydrogen) atoms. The molecule has 0 spiro atoms. The number of aromatic nitrogens is 1. The van der Waals surface area contributed by atoms with Crippen molar-refractivity contribution in [3.8, 4) is 5.75 Å². The van der Waals surface area contributed by atoms with Crippen molar-refractivity contribution in [3.63, 3.8) is 0 Å². The van der Waals surface area contributed by atoms with E-state index in [1.165, 1.54) is 22.0 Å². The number of hydrogen-bond donors (Lipinski definition) is 1. The van der Waals surface area contributed by atoms with Crippen molar-refractivity contribution in [2.45, 2.75) is 6.42 Å². The highest BCUT2D eigenvalue weighted by Gasteiger charge is 2.12. The Morgan fingerprint density at radius 2 is 1.86 bits per heavy atom. The van der Waals surface area contributed by atoms with E-state index in [1.807, 2.05) is 29.8 Å². The topological polar surface area (TPSA) is 40.2 Å². The summed E-state index contributed by atoms with van der Waals surface area (Å²) in [6.45, 7) is 0. The third kappa shape index (κ3) is 2.69. The van der Waals surface area contributed by atoms with Crippen LogP contribution in [0.25, 0.3) is 10.9 Å². The molecule has 0 amide bonds. The molecule has 3 nitrogen and oxygen atoms in total. The van der Waals surface area contributed by atoms with Gasteiger partial charge in [-0.05, 0) is 23.8 Å². The van der Waals surface area contributed by atoms with E-state index in [0.717, 1.165) is 18.0 Å². The van der Waals surface area contributed by atoms with Crippen molar-refractivity contribution in [1.82, 2.24) is 4.57 Å². The number of anilines is 1. The van der Waals surface area contributed by atoms with Gasteiger partial charge in [0.2, 0.25) is 0 Å². The Morgan fingerprint density at radius 3 is 2.62 bits per heavy atom. The normalized spacial score (nSPS) is 10.4. The fraction of sp³-hybridized carbons (Fsp3) is 0.176. The fourth-order valence-electron chi connectivity index (χ4n) is 2.66. The summed E-state index contributed by atoms with van der Waals surface area (Å²) in [6.07, 6.45) is 0.810. The Kier molecular flexibility index (Phi) is 4.43. The second-order valence-corrected chi connectivity index (χ2v) is 4.97. The minimum absolute atomic E-state index is 0. The van der Waals surface area contributed by atoms with Crippen molar-refractivity contribution in [1.29, 1.82) is 0 Å². The molecule has 0 fully saturated rings. The molecule has 0 aliphatic rings. The van der Waals surface area contributed by atoms with Crippen LogP contribution in [0.3, 0.4) is 0 Å². The molecule has 0 bridgehead atoms. The summed E-state index contributed by atoms with van der Waals surface area (Å²) in [5, 5.41) is 1.22. The molecule has 3 rings (SSSR count). The monoisotopic (exact) mass is 302 g/mol. The molecule has 110 valence electrons. The van der Waals surface area contributed by atoms with Crippen LogP contribution < -0.4 is 10.5 Å². The van der Waals surface area contributed by atoms with Crippen LogP contribution in [0.15, 0.2) is 48.5 Å². The van der Waals surface area contributed by atoms with E-state index in [2.05, 4.69) is 30.3 Å². The Labute approximate surface area is 130 Å². The number of ether oxygens (including phenoxy) is 1. The van der Waals surface area contributed by atoms with Crippen LogP contribution in [0.5, 0.6) is 5.75 Å². The van der Waals surface area contributed by atoms with Gasteiger partial charge in [0.25, 0.3) is 0 Å². The molecular formula is C17H19ClN2O. The van der Waals surface area contributed by atoms with E-state index in [-0.39, 0.29) is 12.4 Å². The Morgan fingerprint density at radius 1 is 1.10 bits per heavy atom. The lowest BCUT2D eigenvalue weighted by molar-refractivity contribution is 0.414. The number of nitrogens with two attached hydrogens (primary N) is 1. The van der Waals surface area contributed by atoms with Gasteiger partial charge in [-0.15, -0.1) is 12.4 Å². The van der Waals surface area contributed by atoms with Gasteiger partial charge in [0.1, 0.15) is 11.6 Å². The van der Waals surface area contributed by atoms with Crippen LogP contribution in [-0.2, 0) is 13.5 Å². The van der Waals surface area contributed by atoms with Gasteiger partial charge < -0.3 is 15.0 Å². The number of methoxy groups -OCH3 is 1. The summed E-state index contributed by atoms with van der Waals surface area (Å²) in [5.41, 5.74) is 9.81. The van der Waals surface area contributed by atoms with Crippen LogP contribution in [0.4, 0.5) is 5.82 Å². The predicted octanol–water partition coefficient (Wildman–Crippen LogP) is 3.78. The predicted molar refractivity (Wildman–Crippen MR) is 90.4 cm³/mol. The highest BCUT2D eigenvalue weighted by atomic mass is 35.5. The number of fused-ring (bicyclic) bond motifs is 1. The first kappa shape index (κ1) is 15.3. The van der Waals surface area contributed by atoms with Crippen LogP contribution in [0, 0.1) is 0 Å². The smallest absolute Gasteiger partial charge is 0.119 e. The average molecular weight is 303 g/mol. The minimum Gasteiger partial charge on any atom is -0.497 e. The molecule has 0 atom stereocenters. The van der Waals surface area contributed by atoms with E-state index in [1.54, 1.807) is 7.11 Å². The molecule has 3 aromatic rings. The number of benzene rings is 2. The Hall–Kier alpha value is -2.13. The highest BCUT2D eigenvalue weighted by Crippen LogP contribution is 2.29. The third-order valence-corrected chi connectivity index (χ3v) is 3.78. The summed E-state index contributed by atoms with van der Waals surface area (Å²) in [5.74, 6) is 1.70. The maximum absolute atomic E-state index is 6.27. The van der Waals surface area contributed by atoms with E-state index in [0.29, 0.717) is 0 Å². The molecule has 0 saturated heterocycles. The van der Waals surface area contributed by atoms with Crippen molar-refractivity contribution in [2.24, 2.45) is 7.05 Å². The Balaban J connectivity index is 0.00000161. The summed E-state index contributed by atoms with van der Waals surface area (Å²) in [4.78, 5) is 0. The lowest BCUT2D eigenvalue weighted by Gasteiger charge is -2.05. The van der Waals surface area contributed by atoms with Gasteiger partial charge in [-0.1, -0.05) is 30.3 Å². The lowest BCUT2D eigenvalue weighted by atomic mass is 10.0. The van der Waals surface area contributed by atoms with Gasteiger partial charge >= 0.3 is 0 Å². The van der Waals surface area contributed by atoms with Gasteiger partial charge in [0, 0.05) is 29.9 Å². The average Bonchev–Trinajstić information content (AvgIpc) is 2.73. The number of aryl methyl sites for hydroxylation is 1. The highest BCUT2D eigenvalue weighted by molar-refractivity contribution is 5.89. The SMILES string of the molecule is COc1cccc(Cc2c(N)n(C)c3ccccc23)c1.Cl. The second kappa shape index (κ2) is 6.10. The van der Waals surface area contributed by atoms with Crippen molar-refractivity contribution in [2.75, 3.05) is 12.8 Å². The van der Waals surface area contributed by atoms with Crippen LogP contribution in [-0.4, -0.2) is 11.7 Å². The third-order valence-electron chi connectivity index (χ3n) is 3.78. The quantitative estimate of drug-likeness (QED) is 0.800. The molecule has 1 aromatic heterocycles. The molecule has 0 unspecified atom stereocenters. The van der Waals surface area contributed by atoms with Crippen LogP contribution >= 0.6 is 12.4 Å². The summed E-state index contributed by atoms with van der Waals surface area (Å²) >= 11 is 0.